The molecule has 0 aliphatic carbocycles. The maximum absolute atomic E-state index is 13.6. The monoisotopic (exact) mass is 316 g/mol. The van der Waals surface area contributed by atoms with Crippen LogP contribution in [0.15, 0.2) is 41.6 Å². The van der Waals surface area contributed by atoms with Crippen molar-refractivity contribution in [2.24, 2.45) is 0 Å². The van der Waals surface area contributed by atoms with E-state index in [2.05, 4.69) is 9.71 Å². The van der Waals surface area contributed by atoms with Gasteiger partial charge in [0.05, 0.1) is 22.2 Å². The van der Waals surface area contributed by atoms with E-state index >= 15 is 0 Å². The van der Waals surface area contributed by atoms with Crippen molar-refractivity contribution in [3.63, 3.8) is 0 Å². The Labute approximate surface area is 120 Å². The molecule has 0 atom stereocenters. The lowest BCUT2D eigenvalue weighted by Gasteiger charge is -2.10. The topological polar surface area (TPSA) is 79.3 Å². The van der Waals surface area contributed by atoms with Crippen LogP contribution in [0.5, 0.6) is 0 Å². The number of hydrogen-bond acceptors (Lipinski definition) is 4. The Balaban J connectivity index is 2.42. The highest BCUT2D eigenvalue weighted by molar-refractivity contribution is 7.92. The lowest BCUT2D eigenvalue weighted by atomic mass is 10.2. The van der Waals surface area contributed by atoms with E-state index in [1.165, 1.54) is 24.5 Å². The second-order valence-electron chi connectivity index (χ2n) is 3.88. The predicted octanol–water partition coefficient (Wildman–Crippen LogP) is 2.17. The summed E-state index contributed by atoms with van der Waals surface area (Å²) in [6, 6.07) is 4.83. The van der Waals surface area contributed by atoms with Crippen LogP contribution in [0.3, 0.4) is 0 Å². The van der Waals surface area contributed by atoms with Crippen LogP contribution in [-0.2, 0) is 16.6 Å². The van der Waals surface area contributed by atoms with Gasteiger partial charge >= 0.3 is 0 Å². The molecule has 0 saturated carbocycles. The van der Waals surface area contributed by atoms with Gasteiger partial charge in [0.15, 0.2) is 0 Å². The number of aliphatic hydroxyl groups excluding tert-OH is 1. The first-order chi connectivity index (χ1) is 9.44. The fraction of sp³-hybridized carbons (Fsp3) is 0.0833. The lowest BCUT2D eigenvalue weighted by Crippen LogP contribution is -2.14. The van der Waals surface area contributed by atoms with Crippen molar-refractivity contribution in [1.82, 2.24) is 4.98 Å². The summed E-state index contributed by atoms with van der Waals surface area (Å²) >= 11 is 5.62. The summed E-state index contributed by atoms with van der Waals surface area (Å²) in [5.41, 5.74) is 0.294. The minimum atomic E-state index is -3.97. The van der Waals surface area contributed by atoms with Crippen molar-refractivity contribution in [3.8, 4) is 0 Å². The number of sulfonamides is 1. The molecule has 0 fully saturated rings. The van der Waals surface area contributed by atoms with Crippen LogP contribution in [0.4, 0.5) is 10.1 Å². The standard InChI is InChI=1S/C12H10ClFN2O3S/c13-12-8(7-17)5-10(6-11(12)14)20(18,19)16-9-1-3-15-4-2-9/h1-6,17H,7H2,(H,15,16). The molecule has 0 saturated heterocycles. The average Bonchev–Trinajstić information content (AvgIpc) is 2.42. The van der Waals surface area contributed by atoms with E-state index in [1.54, 1.807) is 0 Å². The molecule has 2 aromatic rings. The fourth-order valence-electron chi connectivity index (χ4n) is 1.52. The number of pyridine rings is 1. The second-order valence-corrected chi connectivity index (χ2v) is 5.94. The van der Waals surface area contributed by atoms with Crippen LogP contribution < -0.4 is 4.72 Å². The van der Waals surface area contributed by atoms with E-state index in [1.807, 2.05) is 0 Å². The van der Waals surface area contributed by atoms with Crippen LogP contribution in [0, 0.1) is 5.82 Å². The Bertz CT molecular complexity index is 723. The summed E-state index contributed by atoms with van der Waals surface area (Å²) in [6.45, 7) is -0.561. The first-order valence-electron chi connectivity index (χ1n) is 5.45. The van der Waals surface area contributed by atoms with Gasteiger partial charge in [-0.25, -0.2) is 12.8 Å². The Hall–Kier alpha value is -1.70. The normalized spacial score (nSPS) is 11.3. The van der Waals surface area contributed by atoms with Gasteiger partial charge in [-0.05, 0) is 24.3 Å². The fourth-order valence-corrected chi connectivity index (χ4v) is 2.81. The summed E-state index contributed by atoms with van der Waals surface area (Å²) in [7, 11) is -3.97. The smallest absolute Gasteiger partial charge is 0.262 e. The van der Waals surface area contributed by atoms with Crippen molar-refractivity contribution < 1.29 is 17.9 Å². The van der Waals surface area contributed by atoms with Crippen LogP contribution in [0.25, 0.3) is 0 Å². The van der Waals surface area contributed by atoms with Crippen molar-refractivity contribution in [1.29, 1.82) is 0 Å². The Morgan fingerprint density at radius 3 is 2.55 bits per heavy atom. The third kappa shape index (κ3) is 3.06. The molecule has 0 spiro atoms. The number of hydrogen-bond donors (Lipinski definition) is 2. The summed E-state index contributed by atoms with van der Waals surface area (Å²) in [6.07, 6.45) is 2.83. The average molecular weight is 317 g/mol. The number of aromatic nitrogens is 1. The van der Waals surface area contributed by atoms with Gasteiger partial charge in [-0.1, -0.05) is 11.6 Å². The molecule has 106 valence electrons. The number of nitrogens with one attached hydrogen (secondary N) is 1. The molecule has 5 nitrogen and oxygen atoms in total. The Kier molecular flexibility index (Phi) is 4.22. The summed E-state index contributed by atoms with van der Waals surface area (Å²) in [5.74, 6) is -0.909. The van der Waals surface area contributed by atoms with Gasteiger partial charge in [0.25, 0.3) is 10.0 Å². The molecule has 20 heavy (non-hydrogen) atoms. The molecule has 0 aliphatic heterocycles. The molecule has 0 unspecified atom stereocenters. The third-order valence-corrected chi connectivity index (χ3v) is 4.27. The molecule has 1 aromatic heterocycles. The molecule has 0 aliphatic rings. The van der Waals surface area contributed by atoms with Gasteiger partial charge in [-0.15, -0.1) is 0 Å². The molecular formula is C12H10ClFN2O3S. The highest BCUT2D eigenvalue weighted by Crippen LogP contribution is 2.25. The zero-order valence-corrected chi connectivity index (χ0v) is 11.6. The van der Waals surface area contributed by atoms with Crippen molar-refractivity contribution in [3.05, 3.63) is 53.1 Å². The lowest BCUT2D eigenvalue weighted by molar-refractivity contribution is 0.281. The van der Waals surface area contributed by atoms with Gasteiger partial charge in [0.2, 0.25) is 0 Å². The van der Waals surface area contributed by atoms with E-state index in [-0.39, 0.29) is 15.5 Å². The van der Waals surface area contributed by atoms with Crippen LogP contribution >= 0.6 is 11.6 Å². The summed E-state index contributed by atoms with van der Waals surface area (Å²) < 4.78 is 40.0. The van der Waals surface area contributed by atoms with E-state index in [9.17, 15) is 12.8 Å². The summed E-state index contributed by atoms with van der Waals surface area (Å²) in [5, 5.41) is 8.75. The molecule has 8 heteroatoms. The molecule has 2 N–H and O–H groups in total. The van der Waals surface area contributed by atoms with Crippen LogP contribution in [0.1, 0.15) is 5.56 Å². The molecule has 0 radical (unpaired) electrons. The van der Waals surface area contributed by atoms with Gasteiger partial charge in [-0.2, -0.15) is 0 Å². The first-order valence-corrected chi connectivity index (χ1v) is 7.32. The van der Waals surface area contributed by atoms with Crippen LogP contribution in [-0.4, -0.2) is 18.5 Å². The number of benzene rings is 1. The number of rotatable bonds is 4. The van der Waals surface area contributed by atoms with Gasteiger partial charge in [0, 0.05) is 18.0 Å². The molecular weight excluding hydrogens is 307 g/mol. The molecule has 1 aromatic carbocycles. The van der Waals surface area contributed by atoms with E-state index < -0.39 is 22.4 Å². The summed E-state index contributed by atoms with van der Waals surface area (Å²) in [4.78, 5) is 3.44. The molecule has 2 rings (SSSR count). The largest absolute Gasteiger partial charge is 0.392 e. The zero-order chi connectivity index (χ0) is 14.8. The highest BCUT2D eigenvalue weighted by Gasteiger charge is 2.18. The SMILES string of the molecule is O=S(=O)(Nc1ccncc1)c1cc(F)c(Cl)c(CO)c1. The minimum Gasteiger partial charge on any atom is -0.392 e. The number of nitrogens with zero attached hydrogens (tertiary/aromatic N) is 1. The zero-order valence-electron chi connectivity index (χ0n) is 10.0. The maximum Gasteiger partial charge on any atom is 0.262 e. The Morgan fingerprint density at radius 2 is 1.95 bits per heavy atom. The highest BCUT2D eigenvalue weighted by atomic mass is 35.5. The second kappa shape index (κ2) is 5.74. The van der Waals surface area contributed by atoms with E-state index in [0.717, 1.165) is 12.1 Å². The van der Waals surface area contributed by atoms with Crippen molar-refractivity contribution in [2.45, 2.75) is 11.5 Å². The molecule has 1 heterocycles. The number of aliphatic hydroxyl groups is 1. The van der Waals surface area contributed by atoms with Gasteiger partial charge in [-0.3, -0.25) is 9.71 Å². The third-order valence-electron chi connectivity index (χ3n) is 2.49. The minimum absolute atomic E-state index is 0.00164. The van der Waals surface area contributed by atoms with Gasteiger partial charge < -0.3 is 5.11 Å². The Morgan fingerprint density at radius 1 is 1.30 bits per heavy atom. The maximum atomic E-state index is 13.6. The van der Waals surface area contributed by atoms with Crippen LogP contribution in [0.2, 0.25) is 5.02 Å². The number of halogens is 2. The van der Waals surface area contributed by atoms with Crippen molar-refractivity contribution >= 4 is 27.3 Å². The molecule has 0 bridgehead atoms. The first kappa shape index (κ1) is 14.7. The van der Waals surface area contributed by atoms with E-state index in [0.29, 0.717) is 5.69 Å². The quantitative estimate of drug-likeness (QED) is 0.906. The van der Waals surface area contributed by atoms with Gasteiger partial charge in [0.1, 0.15) is 5.82 Å². The van der Waals surface area contributed by atoms with Crippen molar-refractivity contribution in [2.75, 3.05) is 4.72 Å². The van der Waals surface area contributed by atoms with E-state index in [4.69, 9.17) is 16.7 Å². The number of anilines is 1. The predicted molar refractivity (Wildman–Crippen MR) is 72.4 cm³/mol. The molecule has 0 amide bonds.